The van der Waals surface area contributed by atoms with E-state index in [1.807, 2.05) is 24.5 Å². The molecule has 1 heterocycles. The van der Waals surface area contributed by atoms with Gasteiger partial charge in [-0.3, -0.25) is 9.52 Å². The molecule has 1 N–H and O–H groups in total. The van der Waals surface area contributed by atoms with Crippen molar-refractivity contribution in [3.8, 4) is 0 Å². The molecule has 1 aromatic heterocycles. The topological polar surface area (TPSA) is 81.1 Å². The van der Waals surface area contributed by atoms with Gasteiger partial charge in [0.05, 0.1) is 12.3 Å². The zero-order valence-electron chi connectivity index (χ0n) is 16.0. The lowest BCUT2D eigenvalue weighted by molar-refractivity contribution is -0.119. The summed E-state index contributed by atoms with van der Waals surface area (Å²) in [6.45, 7) is 4.35. The molecule has 0 unspecified atom stereocenters. The van der Waals surface area contributed by atoms with Crippen molar-refractivity contribution in [1.82, 2.24) is 14.3 Å². The number of nitrogens with zero attached hydrogens (tertiary/aromatic N) is 2. The monoisotopic (exact) mass is 445 g/mol. The summed E-state index contributed by atoms with van der Waals surface area (Å²) in [6, 6.07) is 5.30. The predicted octanol–water partition coefficient (Wildman–Crippen LogP) is 4.12. The molecular formula is C19H25Cl2N3O3S. The molecule has 0 radical (unpaired) electrons. The molecule has 0 atom stereocenters. The highest BCUT2D eigenvalue weighted by molar-refractivity contribution is 7.90. The highest BCUT2D eigenvalue weighted by Gasteiger charge is 2.16. The number of carbonyl (C=O) groups is 1. The van der Waals surface area contributed by atoms with Crippen LogP contribution in [0.5, 0.6) is 0 Å². The molecule has 0 saturated heterocycles. The summed E-state index contributed by atoms with van der Waals surface area (Å²) >= 11 is 12.2. The summed E-state index contributed by atoms with van der Waals surface area (Å²) in [7, 11) is -3.57. The molecular weight excluding hydrogens is 421 g/mol. The summed E-state index contributed by atoms with van der Waals surface area (Å²) < 4.78 is 28.0. The smallest absolute Gasteiger partial charge is 0.234 e. The van der Waals surface area contributed by atoms with E-state index in [1.165, 1.54) is 0 Å². The number of unbranched alkanes of at least 4 members (excludes halogenated alkanes) is 2. The summed E-state index contributed by atoms with van der Waals surface area (Å²) in [6.07, 6.45) is 4.43. The van der Waals surface area contributed by atoms with E-state index in [2.05, 4.69) is 9.71 Å². The molecule has 0 aliphatic carbocycles. The van der Waals surface area contributed by atoms with E-state index >= 15 is 0 Å². The molecule has 0 aliphatic rings. The fraction of sp³-hybridized carbons (Fsp3) is 0.474. The minimum absolute atomic E-state index is 0.0291. The number of carbonyl (C=O) groups excluding carboxylic acids is 1. The van der Waals surface area contributed by atoms with Crippen molar-refractivity contribution in [2.24, 2.45) is 0 Å². The highest BCUT2D eigenvalue weighted by Crippen LogP contribution is 2.23. The van der Waals surface area contributed by atoms with Gasteiger partial charge in [0.15, 0.2) is 0 Å². The Morgan fingerprint density at radius 2 is 2.00 bits per heavy atom. The number of amides is 1. The van der Waals surface area contributed by atoms with Gasteiger partial charge >= 0.3 is 0 Å². The number of imidazole rings is 1. The van der Waals surface area contributed by atoms with Crippen LogP contribution in [0.15, 0.2) is 24.4 Å². The second-order valence-corrected chi connectivity index (χ2v) is 9.36. The van der Waals surface area contributed by atoms with Crippen molar-refractivity contribution < 1.29 is 13.2 Å². The summed E-state index contributed by atoms with van der Waals surface area (Å²) in [5.74, 6) is 0.249. The minimum Gasteiger partial charge on any atom is -0.328 e. The first-order chi connectivity index (χ1) is 13.2. The third-order valence-electron chi connectivity index (χ3n) is 4.38. The number of hydrogen-bond donors (Lipinski definition) is 1. The summed E-state index contributed by atoms with van der Waals surface area (Å²) in [5, 5.41) is 1.12. The Bertz CT molecular complexity index is 927. The second-order valence-electron chi connectivity index (χ2n) is 6.67. The molecule has 9 heteroatoms. The van der Waals surface area contributed by atoms with Crippen LogP contribution in [0.1, 0.15) is 49.7 Å². The largest absolute Gasteiger partial charge is 0.328 e. The molecule has 0 saturated carbocycles. The summed E-state index contributed by atoms with van der Waals surface area (Å²) in [5.41, 5.74) is 1.72. The predicted molar refractivity (Wildman–Crippen MR) is 112 cm³/mol. The van der Waals surface area contributed by atoms with Crippen molar-refractivity contribution in [3.05, 3.63) is 51.5 Å². The number of nitrogens with one attached hydrogen (secondary N) is 1. The molecule has 1 amide bonds. The van der Waals surface area contributed by atoms with Gasteiger partial charge in [0, 0.05) is 28.4 Å². The second kappa shape index (κ2) is 10.3. The molecule has 0 bridgehead atoms. The van der Waals surface area contributed by atoms with E-state index in [-0.39, 0.29) is 12.2 Å². The summed E-state index contributed by atoms with van der Waals surface area (Å²) in [4.78, 5) is 16.4. The first kappa shape index (κ1) is 22.7. The van der Waals surface area contributed by atoms with E-state index in [9.17, 15) is 13.2 Å². The lowest BCUT2D eigenvalue weighted by Gasteiger charge is -2.12. The number of rotatable bonds is 10. The first-order valence-corrected chi connectivity index (χ1v) is 11.6. The average molecular weight is 446 g/mol. The Morgan fingerprint density at radius 1 is 1.25 bits per heavy atom. The van der Waals surface area contributed by atoms with Crippen LogP contribution in [-0.2, 0) is 27.8 Å². The van der Waals surface area contributed by atoms with Crippen molar-refractivity contribution >= 4 is 39.1 Å². The van der Waals surface area contributed by atoms with Gasteiger partial charge in [-0.15, -0.1) is 0 Å². The fourth-order valence-electron chi connectivity index (χ4n) is 2.81. The van der Waals surface area contributed by atoms with Crippen LogP contribution in [0.4, 0.5) is 0 Å². The van der Waals surface area contributed by atoms with Crippen molar-refractivity contribution in [3.63, 3.8) is 0 Å². The Balaban J connectivity index is 1.99. The third kappa shape index (κ3) is 6.79. The molecule has 0 spiro atoms. The third-order valence-corrected chi connectivity index (χ3v) is 6.33. The van der Waals surface area contributed by atoms with Crippen LogP contribution in [0.25, 0.3) is 0 Å². The molecule has 1 aromatic carbocycles. The van der Waals surface area contributed by atoms with E-state index in [0.29, 0.717) is 29.4 Å². The van der Waals surface area contributed by atoms with Crippen LogP contribution in [-0.4, -0.2) is 29.6 Å². The number of benzene rings is 1. The number of halogens is 2. The Hall–Kier alpha value is -1.57. The maximum atomic E-state index is 12.1. The lowest BCUT2D eigenvalue weighted by Crippen LogP contribution is -2.32. The molecule has 2 rings (SSSR count). The normalized spacial score (nSPS) is 11.6. The van der Waals surface area contributed by atoms with Crippen molar-refractivity contribution in [2.75, 3.05) is 5.75 Å². The average Bonchev–Trinajstić information content (AvgIpc) is 2.95. The van der Waals surface area contributed by atoms with Crippen molar-refractivity contribution in [2.45, 2.75) is 52.5 Å². The Labute approximate surface area is 176 Å². The number of sulfonamides is 1. The molecule has 2 aromatic rings. The van der Waals surface area contributed by atoms with Gasteiger partial charge in [-0.05, 0) is 37.5 Å². The quantitative estimate of drug-likeness (QED) is 0.557. The fourth-order valence-corrected chi connectivity index (χ4v) is 4.41. The molecule has 0 aliphatic heterocycles. The number of aromatic nitrogens is 2. The van der Waals surface area contributed by atoms with E-state index in [4.69, 9.17) is 23.2 Å². The van der Waals surface area contributed by atoms with E-state index in [0.717, 1.165) is 29.9 Å². The van der Waals surface area contributed by atoms with Crippen LogP contribution < -0.4 is 4.72 Å². The first-order valence-electron chi connectivity index (χ1n) is 9.20. The standard InChI is InChI=1S/C19H25Cl2N3O3S/c1-3-4-5-10-28(26,27)23-19(25)9-8-17-12-22-14(2)24(17)13-15-6-7-16(20)11-18(15)21/h6-7,11-12H,3-5,8-10,13H2,1-2H3,(H,23,25). The molecule has 0 fully saturated rings. The molecule has 6 nitrogen and oxygen atoms in total. The maximum absolute atomic E-state index is 12.1. The van der Waals surface area contributed by atoms with Gasteiger partial charge in [-0.25, -0.2) is 13.4 Å². The zero-order valence-corrected chi connectivity index (χ0v) is 18.4. The Kier molecular flexibility index (Phi) is 8.34. The maximum Gasteiger partial charge on any atom is 0.234 e. The van der Waals surface area contributed by atoms with Crippen LogP contribution >= 0.6 is 23.2 Å². The van der Waals surface area contributed by atoms with Crippen molar-refractivity contribution in [1.29, 1.82) is 0 Å². The van der Waals surface area contributed by atoms with E-state index in [1.54, 1.807) is 18.3 Å². The minimum atomic E-state index is -3.57. The van der Waals surface area contributed by atoms with Crippen LogP contribution in [0.2, 0.25) is 10.0 Å². The van der Waals surface area contributed by atoms with Crippen LogP contribution in [0.3, 0.4) is 0 Å². The zero-order chi connectivity index (χ0) is 20.7. The van der Waals surface area contributed by atoms with E-state index < -0.39 is 15.9 Å². The lowest BCUT2D eigenvalue weighted by atomic mass is 10.2. The van der Waals surface area contributed by atoms with Gasteiger partial charge < -0.3 is 4.57 Å². The number of aryl methyl sites for hydroxylation is 2. The number of hydrogen-bond acceptors (Lipinski definition) is 4. The van der Waals surface area contributed by atoms with Gasteiger partial charge in [0.2, 0.25) is 15.9 Å². The molecule has 28 heavy (non-hydrogen) atoms. The van der Waals surface area contributed by atoms with Gasteiger partial charge in [-0.1, -0.05) is 49.0 Å². The van der Waals surface area contributed by atoms with Gasteiger partial charge in [0.1, 0.15) is 5.82 Å². The van der Waals surface area contributed by atoms with Crippen LogP contribution in [0, 0.1) is 6.92 Å². The highest BCUT2D eigenvalue weighted by atomic mass is 35.5. The Morgan fingerprint density at radius 3 is 2.68 bits per heavy atom. The SMILES string of the molecule is CCCCCS(=O)(=O)NC(=O)CCc1cnc(C)n1Cc1ccc(Cl)cc1Cl. The molecule has 154 valence electrons. The van der Waals surface area contributed by atoms with Gasteiger partial charge in [0.25, 0.3) is 0 Å². The van der Waals surface area contributed by atoms with Gasteiger partial charge in [-0.2, -0.15) is 0 Å².